The molecule has 34 heavy (non-hydrogen) atoms. The van der Waals surface area contributed by atoms with Gasteiger partial charge in [-0.25, -0.2) is 4.79 Å². The highest BCUT2D eigenvalue weighted by Gasteiger charge is 2.28. The minimum Gasteiger partial charge on any atom is -0.446 e. The predicted molar refractivity (Wildman–Crippen MR) is 130 cm³/mol. The number of nitrogens with one attached hydrogen (secondary N) is 2. The van der Waals surface area contributed by atoms with Gasteiger partial charge in [0.1, 0.15) is 23.4 Å². The third-order valence-corrected chi connectivity index (χ3v) is 6.87. The van der Waals surface area contributed by atoms with Gasteiger partial charge in [0, 0.05) is 23.3 Å². The second-order valence-corrected chi connectivity index (χ2v) is 9.30. The number of carbonyl (C=O) groups is 2. The molecule has 0 fully saturated rings. The molecule has 2 N–H and O–H groups in total. The van der Waals surface area contributed by atoms with Crippen LogP contribution in [0.1, 0.15) is 47.0 Å². The Labute approximate surface area is 203 Å². The molecule has 178 valence electrons. The zero-order valence-corrected chi connectivity index (χ0v) is 20.2. The van der Waals surface area contributed by atoms with Crippen molar-refractivity contribution in [2.24, 2.45) is 5.92 Å². The van der Waals surface area contributed by atoms with Crippen molar-refractivity contribution in [2.75, 3.05) is 5.32 Å². The molecule has 0 saturated heterocycles. The Hall–Kier alpha value is -3.64. The maximum absolute atomic E-state index is 12.6. The van der Waals surface area contributed by atoms with Gasteiger partial charge in [0.25, 0.3) is 0 Å². The number of nitriles is 1. The summed E-state index contributed by atoms with van der Waals surface area (Å²) >= 11 is 1.37. The lowest BCUT2D eigenvalue weighted by molar-refractivity contribution is -0.116. The molecular formula is C25H28N4O4S. The smallest absolute Gasteiger partial charge is 0.407 e. The van der Waals surface area contributed by atoms with E-state index in [2.05, 4.69) is 35.0 Å². The fourth-order valence-corrected chi connectivity index (χ4v) is 4.93. The molecular weight excluding hydrogens is 452 g/mol. The normalized spacial score (nSPS) is 15.7. The highest BCUT2D eigenvalue weighted by molar-refractivity contribution is 7.16. The Bertz CT molecular complexity index is 1150. The highest BCUT2D eigenvalue weighted by atomic mass is 32.1. The van der Waals surface area contributed by atoms with E-state index in [9.17, 15) is 14.9 Å². The fraction of sp³-hybridized carbons (Fsp3) is 0.360. The minimum atomic E-state index is -0.514. The van der Waals surface area contributed by atoms with E-state index in [4.69, 9.17) is 9.26 Å². The number of hydrogen-bond acceptors (Lipinski definition) is 7. The van der Waals surface area contributed by atoms with Crippen molar-refractivity contribution in [3.05, 3.63) is 70.5 Å². The van der Waals surface area contributed by atoms with Crippen molar-refractivity contribution < 1.29 is 18.8 Å². The van der Waals surface area contributed by atoms with Crippen LogP contribution in [0.4, 0.5) is 9.80 Å². The Morgan fingerprint density at radius 1 is 1.50 bits per heavy atom. The number of allylic oxidation sites excluding steroid dienone is 4. The Balaban J connectivity index is 1.58. The van der Waals surface area contributed by atoms with E-state index in [1.165, 1.54) is 17.6 Å². The first-order valence-corrected chi connectivity index (χ1v) is 11.8. The fourth-order valence-electron chi connectivity index (χ4n) is 3.65. The maximum atomic E-state index is 12.6. The van der Waals surface area contributed by atoms with E-state index in [1.807, 2.05) is 13.0 Å². The number of alkyl carbamates (subject to hydrolysis) is 1. The highest BCUT2D eigenvalue weighted by Crippen LogP contribution is 2.38. The molecule has 0 saturated carbocycles. The first-order chi connectivity index (χ1) is 16.3. The van der Waals surface area contributed by atoms with Crippen LogP contribution >= 0.6 is 11.3 Å². The molecule has 0 aromatic carbocycles. The summed E-state index contributed by atoms with van der Waals surface area (Å²) in [6.07, 6.45) is 7.92. The second kappa shape index (κ2) is 11.5. The summed E-state index contributed by atoms with van der Waals surface area (Å²) in [5, 5.41) is 19.6. The molecule has 0 spiro atoms. The molecule has 2 aromatic heterocycles. The standard InChI is InChI=1S/C25H28N4O4S/c1-5-6-7-15(2)16(3)10-23(30)28-24-21(12-26)20-9-8-19(11-22(20)34-24)33-25(31)27-13-18-14-32-29-17(18)4/h5-7,14,16,19H,1-2,8-11,13H2,3-4H3,(H,27,31)(H,28,30)/b7-6-. The van der Waals surface area contributed by atoms with Crippen LogP contribution < -0.4 is 10.6 Å². The van der Waals surface area contributed by atoms with Crippen molar-refractivity contribution in [1.82, 2.24) is 10.5 Å². The summed E-state index contributed by atoms with van der Waals surface area (Å²) in [5.74, 6) is -0.221. The van der Waals surface area contributed by atoms with Crippen LogP contribution in [0.25, 0.3) is 0 Å². The van der Waals surface area contributed by atoms with Gasteiger partial charge >= 0.3 is 6.09 Å². The monoisotopic (exact) mass is 480 g/mol. The van der Waals surface area contributed by atoms with Gasteiger partial charge in [-0.1, -0.05) is 49.0 Å². The number of ether oxygens (including phenoxy) is 1. The molecule has 2 amide bonds. The summed E-state index contributed by atoms with van der Waals surface area (Å²) < 4.78 is 10.4. The van der Waals surface area contributed by atoms with E-state index in [1.54, 1.807) is 19.1 Å². The van der Waals surface area contributed by atoms with Gasteiger partial charge < -0.3 is 19.9 Å². The molecule has 1 aliphatic carbocycles. The number of hydrogen-bond donors (Lipinski definition) is 2. The number of fused-ring (bicyclic) bond motifs is 1. The van der Waals surface area contributed by atoms with Crippen LogP contribution in [0.3, 0.4) is 0 Å². The number of anilines is 1. The molecule has 9 heteroatoms. The van der Waals surface area contributed by atoms with Gasteiger partial charge in [0.15, 0.2) is 0 Å². The summed E-state index contributed by atoms with van der Waals surface area (Å²) in [6, 6.07) is 2.23. The lowest BCUT2D eigenvalue weighted by atomic mass is 9.93. The Kier molecular flexibility index (Phi) is 8.44. The topological polar surface area (TPSA) is 117 Å². The van der Waals surface area contributed by atoms with E-state index < -0.39 is 6.09 Å². The Morgan fingerprint density at radius 3 is 2.97 bits per heavy atom. The van der Waals surface area contributed by atoms with Gasteiger partial charge in [-0.3, -0.25) is 4.79 Å². The number of thiophene rings is 1. The van der Waals surface area contributed by atoms with Gasteiger partial charge in [-0.15, -0.1) is 11.3 Å². The molecule has 2 aromatic rings. The first-order valence-electron chi connectivity index (χ1n) is 11.0. The first kappa shape index (κ1) is 25.0. The van der Waals surface area contributed by atoms with Crippen LogP contribution in [0.2, 0.25) is 0 Å². The van der Waals surface area contributed by atoms with Crippen molar-refractivity contribution in [3.63, 3.8) is 0 Å². The molecule has 0 aliphatic heterocycles. The van der Waals surface area contributed by atoms with Crippen molar-refractivity contribution in [3.8, 4) is 6.07 Å². The van der Waals surface area contributed by atoms with Crippen LogP contribution in [0, 0.1) is 24.2 Å². The Morgan fingerprint density at radius 2 is 2.29 bits per heavy atom. The minimum absolute atomic E-state index is 0.0470. The SMILES string of the molecule is C=C/C=C\C(=C)C(C)CC(=O)Nc1sc2c(c1C#N)CCC(OC(=O)NCc1conc1C)C2. The lowest BCUT2D eigenvalue weighted by Gasteiger charge is -2.22. The summed E-state index contributed by atoms with van der Waals surface area (Å²) in [4.78, 5) is 25.8. The third kappa shape index (κ3) is 6.23. The number of rotatable bonds is 9. The van der Waals surface area contributed by atoms with E-state index in [0.29, 0.717) is 35.5 Å². The van der Waals surface area contributed by atoms with Crippen LogP contribution in [-0.4, -0.2) is 23.3 Å². The number of nitrogens with zero attached hydrogens (tertiary/aromatic N) is 2. The molecule has 2 unspecified atom stereocenters. The van der Waals surface area contributed by atoms with Crippen molar-refractivity contribution >= 4 is 28.3 Å². The third-order valence-electron chi connectivity index (χ3n) is 5.70. The summed E-state index contributed by atoms with van der Waals surface area (Å²) in [6.45, 7) is 11.6. The molecule has 2 heterocycles. The van der Waals surface area contributed by atoms with Crippen molar-refractivity contribution in [2.45, 2.75) is 52.2 Å². The van der Waals surface area contributed by atoms with E-state index in [-0.39, 0.29) is 30.9 Å². The summed E-state index contributed by atoms with van der Waals surface area (Å²) in [7, 11) is 0. The largest absolute Gasteiger partial charge is 0.446 e. The average Bonchev–Trinajstić information content (AvgIpc) is 3.37. The van der Waals surface area contributed by atoms with E-state index in [0.717, 1.165) is 21.6 Å². The number of carbonyl (C=O) groups excluding carboxylic acids is 2. The van der Waals surface area contributed by atoms with Gasteiger partial charge in [0.05, 0.1) is 17.8 Å². The lowest BCUT2D eigenvalue weighted by Crippen LogP contribution is -2.31. The van der Waals surface area contributed by atoms with Gasteiger partial charge in [-0.05, 0) is 31.2 Å². The summed E-state index contributed by atoms with van der Waals surface area (Å²) in [5.41, 5.74) is 3.76. The predicted octanol–water partition coefficient (Wildman–Crippen LogP) is 4.96. The molecule has 0 bridgehead atoms. The molecule has 2 atom stereocenters. The zero-order valence-electron chi connectivity index (χ0n) is 19.3. The molecule has 0 radical (unpaired) electrons. The van der Waals surface area contributed by atoms with E-state index >= 15 is 0 Å². The van der Waals surface area contributed by atoms with Crippen LogP contribution in [0.5, 0.6) is 0 Å². The van der Waals surface area contributed by atoms with Crippen LogP contribution in [-0.2, 0) is 28.9 Å². The molecule has 1 aliphatic rings. The number of amides is 2. The maximum Gasteiger partial charge on any atom is 0.407 e. The quantitative estimate of drug-likeness (QED) is 0.490. The van der Waals surface area contributed by atoms with Crippen molar-refractivity contribution in [1.29, 1.82) is 5.26 Å². The molecule has 3 rings (SSSR count). The van der Waals surface area contributed by atoms with Gasteiger partial charge in [-0.2, -0.15) is 5.26 Å². The number of aryl methyl sites for hydroxylation is 1. The average molecular weight is 481 g/mol. The zero-order chi connectivity index (χ0) is 24.7. The second-order valence-electron chi connectivity index (χ2n) is 8.19. The van der Waals surface area contributed by atoms with Gasteiger partial charge in [0.2, 0.25) is 5.91 Å². The number of aromatic nitrogens is 1. The van der Waals surface area contributed by atoms with Crippen LogP contribution in [0.15, 0.2) is 47.7 Å². The molecule has 8 nitrogen and oxygen atoms in total.